The van der Waals surface area contributed by atoms with E-state index in [4.69, 9.17) is 0 Å². The van der Waals surface area contributed by atoms with Crippen molar-refractivity contribution in [3.63, 3.8) is 0 Å². The lowest BCUT2D eigenvalue weighted by Crippen LogP contribution is -2.73. The van der Waals surface area contributed by atoms with Crippen LogP contribution in [0.5, 0.6) is 0 Å². The number of hydrogen-bond donors (Lipinski definition) is 0. The van der Waals surface area contributed by atoms with Gasteiger partial charge in [0, 0.05) is 0 Å². The highest BCUT2D eigenvalue weighted by atomic mass is 28.5. The van der Waals surface area contributed by atoms with Gasteiger partial charge in [-0.3, -0.25) is 0 Å². The minimum atomic E-state index is -1.59. The molecule has 0 aromatic heterocycles. The molecule has 1 aromatic rings. The predicted molar refractivity (Wildman–Crippen MR) is 102 cm³/mol. The van der Waals surface area contributed by atoms with Crippen molar-refractivity contribution in [2.45, 2.75) is 52.4 Å². The minimum Gasteiger partial charge on any atom is -0.365 e. The maximum absolute atomic E-state index is 3.85. The Morgan fingerprint density at radius 3 is 1.50 bits per heavy atom. The summed E-state index contributed by atoms with van der Waals surface area (Å²) in [5.41, 5.74) is 1.21. The first-order valence-electron chi connectivity index (χ1n) is 7.44. The Hall–Kier alpha value is -0.429. The van der Waals surface area contributed by atoms with Gasteiger partial charge in [-0.25, -0.2) is 0 Å². The molecule has 0 bridgehead atoms. The largest absolute Gasteiger partial charge is 0.365 e. The molecule has 112 valence electrons. The molecular weight excluding hydrogens is 290 g/mol. The van der Waals surface area contributed by atoms with E-state index < -0.39 is 24.7 Å². The third-order valence-electron chi connectivity index (χ3n) is 3.75. The highest BCUT2D eigenvalue weighted by molar-refractivity contribution is 7.08. The molecule has 0 heterocycles. The first-order valence-corrected chi connectivity index (χ1v) is 17.3. The van der Waals surface area contributed by atoms with E-state index in [-0.39, 0.29) is 0 Å². The molecule has 0 fully saturated rings. The van der Waals surface area contributed by atoms with E-state index in [1.165, 1.54) is 5.56 Å². The molecule has 0 aliphatic rings. The van der Waals surface area contributed by atoms with Gasteiger partial charge in [0.05, 0.1) is 0 Å². The molecule has 0 aliphatic heterocycles. The molecule has 1 rings (SSSR count). The van der Waals surface area contributed by atoms with Gasteiger partial charge in [0.15, 0.2) is 0 Å². The zero-order valence-corrected chi connectivity index (χ0v) is 17.5. The maximum Gasteiger partial charge on any atom is 0.141 e. The molecule has 0 N–H and O–H groups in total. The highest BCUT2D eigenvalue weighted by Gasteiger charge is 2.45. The molecule has 0 radical (unpaired) electrons. The summed E-state index contributed by atoms with van der Waals surface area (Å²) in [6, 6.07) is 9.08. The second-order valence-electron chi connectivity index (χ2n) is 8.06. The van der Waals surface area contributed by atoms with Gasteiger partial charge in [0.1, 0.15) is 24.7 Å². The number of rotatable bonds is 5. The van der Waals surface area contributed by atoms with Gasteiger partial charge in [-0.2, -0.15) is 0 Å². The van der Waals surface area contributed by atoms with Gasteiger partial charge < -0.3 is 3.90 Å². The molecule has 0 amide bonds. The van der Waals surface area contributed by atoms with Crippen LogP contribution in [0, 0.1) is 0 Å². The third kappa shape index (κ3) is 3.81. The quantitative estimate of drug-likeness (QED) is 0.710. The van der Waals surface area contributed by atoms with Crippen LogP contribution in [0.3, 0.4) is 0 Å². The van der Waals surface area contributed by atoms with Crippen LogP contribution in [0.25, 0.3) is 6.08 Å². The average Bonchev–Trinajstić information content (AvgIpc) is 2.24. The third-order valence-corrected chi connectivity index (χ3v) is 20.7. The Kier molecular flexibility index (Phi) is 5.07. The monoisotopic (exact) mass is 321 g/mol. The molecule has 20 heavy (non-hydrogen) atoms. The second-order valence-corrected chi connectivity index (χ2v) is 23.1. The van der Waals surface area contributed by atoms with Gasteiger partial charge in [-0.15, -0.1) is 0 Å². The minimum absolute atomic E-state index is 1.21. The van der Waals surface area contributed by atoms with E-state index >= 15 is 0 Å². The summed E-state index contributed by atoms with van der Waals surface area (Å²) < 4.78 is 3.01. The van der Waals surface area contributed by atoms with Crippen LogP contribution >= 0.6 is 0 Å². The van der Waals surface area contributed by atoms with Crippen molar-refractivity contribution in [1.82, 2.24) is 3.90 Å². The summed E-state index contributed by atoms with van der Waals surface area (Å²) in [5.74, 6) is 0. The van der Waals surface area contributed by atoms with Crippen molar-refractivity contribution >= 4 is 36.0 Å². The molecular formula is C16H31NSi3. The summed E-state index contributed by atoms with van der Waals surface area (Å²) in [6.07, 6.45) is 1.92. The predicted octanol–water partition coefficient (Wildman–Crippen LogP) is 4.71. The summed E-state index contributed by atoms with van der Waals surface area (Å²) >= 11 is 0. The Labute approximate surface area is 129 Å². The van der Waals surface area contributed by atoms with Gasteiger partial charge in [-0.05, 0) is 10.8 Å². The van der Waals surface area contributed by atoms with Gasteiger partial charge in [0.25, 0.3) is 0 Å². The van der Waals surface area contributed by atoms with Crippen LogP contribution in [-0.4, -0.2) is 28.6 Å². The molecule has 0 saturated heterocycles. The molecule has 0 unspecified atom stereocenters. The first kappa shape index (κ1) is 17.6. The molecule has 1 aromatic carbocycles. The van der Waals surface area contributed by atoms with Crippen LogP contribution in [-0.2, 0) is 0 Å². The lowest BCUT2D eigenvalue weighted by Gasteiger charge is -2.53. The van der Waals surface area contributed by atoms with Gasteiger partial charge in [-0.1, -0.05) is 89.3 Å². The molecule has 0 spiro atoms. The van der Waals surface area contributed by atoms with Crippen molar-refractivity contribution < 1.29 is 0 Å². The van der Waals surface area contributed by atoms with E-state index in [1.807, 2.05) is 6.08 Å². The van der Waals surface area contributed by atoms with Crippen LogP contribution in [0.15, 0.2) is 30.8 Å². The smallest absolute Gasteiger partial charge is 0.141 e. The van der Waals surface area contributed by atoms with E-state index in [1.54, 1.807) is 5.19 Å². The Morgan fingerprint density at radius 2 is 1.20 bits per heavy atom. The fraction of sp³-hybridized carbons (Fsp3) is 0.500. The van der Waals surface area contributed by atoms with E-state index in [0.717, 1.165) is 0 Å². The molecule has 0 saturated carbocycles. The van der Waals surface area contributed by atoms with Crippen molar-refractivity contribution in [2.24, 2.45) is 0 Å². The zero-order chi connectivity index (χ0) is 15.8. The highest BCUT2D eigenvalue weighted by Crippen LogP contribution is 2.27. The fourth-order valence-corrected chi connectivity index (χ4v) is 27.3. The van der Waals surface area contributed by atoms with Crippen molar-refractivity contribution in [3.05, 3.63) is 36.4 Å². The van der Waals surface area contributed by atoms with E-state index in [9.17, 15) is 0 Å². The lowest BCUT2D eigenvalue weighted by atomic mass is 10.2. The van der Waals surface area contributed by atoms with Gasteiger partial charge in [0.2, 0.25) is 0 Å². The van der Waals surface area contributed by atoms with Crippen molar-refractivity contribution in [3.8, 4) is 0 Å². The summed E-state index contributed by atoms with van der Waals surface area (Å²) in [6.45, 7) is 23.9. The van der Waals surface area contributed by atoms with Crippen LogP contribution in [0.1, 0.15) is 5.56 Å². The average molecular weight is 322 g/mol. The van der Waals surface area contributed by atoms with E-state index in [0.29, 0.717) is 0 Å². The summed E-state index contributed by atoms with van der Waals surface area (Å²) in [4.78, 5) is 0. The van der Waals surface area contributed by atoms with Crippen LogP contribution in [0.4, 0.5) is 0 Å². The van der Waals surface area contributed by atoms with Crippen molar-refractivity contribution in [2.75, 3.05) is 0 Å². The molecule has 1 nitrogen and oxygen atoms in total. The summed E-state index contributed by atoms with van der Waals surface area (Å²) in [7, 11) is -4.24. The number of hydrogen-bond acceptors (Lipinski definition) is 1. The second kappa shape index (κ2) is 5.75. The van der Waals surface area contributed by atoms with Crippen LogP contribution in [0.2, 0.25) is 52.4 Å². The summed E-state index contributed by atoms with van der Waals surface area (Å²) in [5, 5.41) is 1.55. The standard InChI is InChI=1S/C16H31NSi3/c1-10-15-11-13-16(14-12-15)20(8,9)17(18(2,3)4)19(5,6)7/h10-14H,1H2,2-9H3. The zero-order valence-electron chi connectivity index (χ0n) is 14.5. The SMILES string of the molecule is C=Cc1ccc([Si](C)(C)N([Si](C)(C)C)[Si](C)(C)C)cc1. The fourth-order valence-electron chi connectivity index (χ4n) is 3.84. The first-order chi connectivity index (χ1) is 8.90. The van der Waals surface area contributed by atoms with E-state index in [2.05, 4.69) is 87.1 Å². The van der Waals surface area contributed by atoms with Crippen LogP contribution < -0.4 is 5.19 Å². The van der Waals surface area contributed by atoms with Gasteiger partial charge >= 0.3 is 0 Å². The Balaban J connectivity index is 3.32. The topological polar surface area (TPSA) is 3.24 Å². The molecule has 4 heteroatoms. The van der Waals surface area contributed by atoms with Crippen molar-refractivity contribution in [1.29, 1.82) is 0 Å². The number of benzene rings is 1. The lowest BCUT2D eigenvalue weighted by molar-refractivity contribution is 0.909. The Bertz CT molecular complexity index is 450. The normalized spacial score (nSPS) is 13.7. The number of nitrogens with zero attached hydrogens (tertiary/aromatic N) is 1. The molecule has 0 atom stereocenters. The Morgan fingerprint density at radius 1 is 0.800 bits per heavy atom. The maximum atomic E-state index is 3.85. The molecule has 0 aliphatic carbocycles.